The fourth-order valence-corrected chi connectivity index (χ4v) is 3.80. The Morgan fingerprint density at radius 3 is 2.58 bits per heavy atom. The Morgan fingerprint density at radius 1 is 1.35 bits per heavy atom. The highest BCUT2D eigenvalue weighted by atomic mass is 16.5. The van der Waals surface area contributed by atoms with Gasteiger partial charge in [-0.25, -0.2) is 9.97 Å². The smallest absolute Gasteiger partial charge is 0.326 e. The minimum atomic E-state index is -1.29. The fraction of sp³-hybridized carbons (Fsp3) is 0.588. The molecule has 0 spiro atoms. The van der Waals surface area contributed by atoms with Crippen LogP contribution in [-0.4, -0.2) is 58.9 Å². The lowest BCUT2D eigenvalue weighted by Gasteiger charge is -2.27. The number of likely N-dealkylation sites (tertiary alicyclic amines) is 1. The number of ether oxygens (including phenoxy) is 1. The maximum Gasteiger partial charge on any atom is 0.326 e. The summed E-state index contributed by atoms with van der Waals surface area (Å²) in [6.07, 6.45) is 4.16. The van der Waals surface area contributed by atoms with Gasteiger partial charge in [-0.2, -0.15) is 0 Å². The molecule has 26 heavy (non-hydrogen) atoms. The van der Waals surface area contributed by atoms with E-state index in [1.165, 1.54) is 14.2 Å². The number of hydrogen-bond donors (Lipinski definition) is 2. The van der Waals surface area contributed by atoms with Crippen LogP contribution in [0.15, 0.2) is 12.4 Å². The average molecular weight is 361 g/mol. The Labute approximate surface area is 151 Å². The van der Waals surface area contributed by atoms with Crippen LogP contribution in [0.2, 0.25) is 0 Å². The Bertz CT molecular complexity index is 737. The zero-order valence-electron chi connectivity index (χ0n) is 15.3. The van der Waals surface area contributed by atoms with Crippen molar-refractivity contribution in [1.82, 2.24) is 20.2 Å². The van der Waals surface area contributed by atoms with Crippen molar-refractivity contribution in [3.05, 3.63) is 18.0 Å². The molecule has 1 aromatic rings. The highest BCUT2D eigenvalue weighted by Crippen LogP contribution is 2.48. The molecule has 2 saturated heterocycles. The van der Waals surface area contributed by atoms with E-state index in [4.69, 9.17) is 4.74 Å². The molecule has 0 radical (unpaired) electrons. The number of anilines is 1. The van der Waals surface area contributed by atoms with Crippen LogP contribution in [0.3, 0.4) is 0 Å². The van der Waals surface area contributed by atoms with Gasteiger partial charge in [0, 0.05) is 37.6 Å². The molecule has 140 valence electrons. The lowest BCUT2D eigenvalue weighted by Crippen LogP contribution is -2.53. The summed E-state index contributed by atoms with van der Waals surface area (Å²) in [5.74, 6) is -2.31. The number of carbonyl (C=O) groups excluding carboxylic acids is 3. The van der Waals surface area contributed by atoms with Crippen LogP contribution in [0, 0.1) is 11.8 Å². The molecule has 9 heteroatoms. The SMILES string of the molecule is CCCNc1ncc([C@H]2N[C@@](C)(C(=O)OC)[C@H]3C(=O)N(C)C(=O)[C@@H]23)cn1. The first-order valence-electron chi connectivity index (χ1n) is 8.58. The van der Waals surface area contributed by atoms with Crippen LogP contribution >= 0.6 is 0 Å². The van der Waals surface area contributed by atoms with E-state index in [1.54, 1.807) is 19.3 Å². The maximum absolute atomic E-state index is 12.6. The first-order valence-corrected chi connectivity index (χ1v) is 8.58. The average Bonchev–Trinajstić information content (AvgIpc) is 3.09. The van der Waals surface area contributed by atoms with Crippen LogP contribution in [-0.2, 0) is 19.1 Å². The molecular weight excluding hydrogens is 338 g/mol. The normalized spacial score (nSPS) is 30.5. The number of fused-ring (bicyclic) bond motifs is 1. The van der Waals surface area contributed by atoms with Gasteiger partial charge in [-0.3, -0.25) is 24.6 Å². The van der Waals surface area contributed by atoms with Crippen molar-refractivity contribution in [2.75, 3.05) is 26.0 Å². The van der Waals surface area contributed by atoms with Gasteiger partial charge < -0.3 is 10.1 Å². The molecule has 9 nitrogen and oxygen atoms in total. The van der Waals surface area contributed by atoms with Gasteiger partial charge in [0.1, 0.15) is 5.54 Å². The molecule has 2 N–H and O–H groups in total. The lowest BCUT2D eigenvalue weighted by atomic mass is 9.80. The quantitative estimate of drug-likeness (QED) is 0.561. The van der Waals surface area contributed by atoms with Crippen molar-refractivity contribution in [3.63, 3.8) is 0 Å². The number of carbonyl (C=O) groups is 3. The van der Waals surface area contributed by atoms with Crippen molar-refractivity contribution < 1.29 is 19.1 Å². The van der Waals surface area contributed by atoms with Crippen molar-refractivity contribution >= 4 is 23.7 Å². The van der Waals surface area contributed by atoms with Crippen molar-refractivity contribution in [1.29, 1.82) is 0 Å². The molecule has 2 aliphatic heterocycles. The number of nitrogens with one attached hydrogen (secondary N) is 2. The van der Waals surface area contributed by atoms with Gasteiger partial charge in [0.05, 0.1) is 18.9 Å². The Morgan fingerprint density at radius 2 is 2.00 bits per heavy atom. The van der Waals surface area contributed by atoms with E-state index in [9.17, 15) is 14.4 Å². The van der Waals surface area contributed by atoms with Crippen LogP contribution < -0.4 is 10.6 Å². The van der Waals surface area contributed by atoms with E-state index < -0.39 is 29.4 Å². The number of esters is 1. The zero-order chi connectivity index (χ0) is 19.1. The Hall–Kier alpha value is -2.55. The van der Waals surface area contributed by atoms with E-state index in [2.05, 4.69) is 20.6 Å². The lowest BCUT2D eigenvalue weighted by molar-refractivity contribution is -0.152. The third kappa shape index (κ3) is 2.63. The predicted octanol–water partition coefficient (Wildman–Crippen LogP) is 0.106. The Balaban J connectivity index is 1.96. The number of aromatic nitrogens is 2. The first kappa shape index (κ1) is 18.2. The molecule has 0 unspecified atom stereocenters. The van der Waals surface area contributed by atoms with E-state index in [0.717, 1.165) is 17.9 Å². The summed E-state index contributed by atoms with van der Waals surface area (Å²) in [6, 6.07) is -0.550. The molecular formula is C17H23N5O4. The van der Waals surface area contributed by atoms with Gasteiger partial charge >= 0.3 is 5.97 Å². The second-order valence-electron chi connectivity index (χ2n) is 6.82. The van der Waals surface area contributed by atoms with Crippen molar-refractivity contribution in [3.8, 4) is 0 Å². The van der Waals surface area contributed by atoms with E-state index in [-0.39, 0.29) is 11.8 Å². The fourth-order valence-electron chi connectivity index (χ4n) is 3.80. The number of imide groups is 1. The van der Waals surface area contributed by atoms with Crippen molar-refractivity contribution in [2.24, 2.45) is 11.8 Å². The van der Waals surface area contributed by atoms with E-state index in [0.29, 0.717) is 11.5 Å². The summed E-state index contributed by atoms with van der Waals surface area (Å²) < 4.78 is 4.89. The monoisotopic (exact) mass is 361 g/mol. The minimum Gasteiger partial charge on any atom is -0.468 e. The summed E-state index contributed by atoms with van der Waals surface area (Å²) in [4.78, 5) is 47.2. The second-order valence-corrected chi connectivity index (χ2v) is 6.82. The zero-order valence-corrected chi connectivity index (χ0v) is 15.3. The molecule has 3 heterocycles. The largest absolute Gasteiger partial charge is 0.468 e. The number of methoxy groups -OCH3 is 1. The molecule has 3 rings (SSSR count). The van der Waals surface area contributed by atoms with Gasteiger partial charge in [-0.15, -0.1) is 0 Å². The summed E-state index contributed by atoms with van der Waals surface area (Å²) in [5, 5.41) is 6.22. The van der Waals surface area contributed by atoms with Crippen molar-refractivity contribution in [2.45, 2.75) is 31.8 Å². The molecule has 0 aliphatic carbocycles. The summed E-state index contributed by atoms with van der Waals surface area (Å²) in [5.41, 5.74) is -0.646. The van der Waals surface area contributed by atoms with Crippen LogP contribution in [0.25, 0.3) is 0 Å². The van der Waals surface area contributed by atoms with E-state index in [1.807, 2.05) is 6.92 Å². The third-order valence-electron chi connectivity index (χ3n) is 5.18. The number of nitrogens with zero attached hydrogens (tertiary/aromatic N) is 3. The molecule has 1 aromatic heterocycles. The summed E-state index contributed by atoms with van der Waals surface area (Å²) in [7, 11) is 2.70. The molecule has 0 aromatic carbocycles. The Kier molecular flexibility index (Phi) is 4.66. The number of amides is 2. The number of hydrogen-bond acceptors (Lipinski definition) is 8. The van der Waals surface area contributed by atoms with Gasteiger partial charge in [0.25, 0.3) is 0 Å². The highest BCUT2D eigenvalue weighted by Gasteiger charge is 2.66. The van der Waals surface area contributed by atoms with Crippen LogP contribution in [0.1, 0.15) is 31.9 Å². The maximum atomic E-state index is 12.6. The van der Waals surface area contributed by atoms with Gasteiger partial charge in [-0.1, -0.05) is 6.92 Å². The molecule has 4 atom stereocenters. The van der Waals surface area contributed by atoms with Gasteiger partial charge in [-0.05, 0) is 13.3 Å². The molecule has 2 fully saturated rings. The third-order valence-corrected chi connectivity index (χ3v) is 5.18. The van der Waals surface area contributed by atoms with E-state index >= 15 is 0 Å². The molecule has 2 amide bonds. The highest BCUT2D eigenvalue weighted by molar-refractivity contribution is 6.09. The van der Waals surface area contributed by atoms with Gasteiger partial charge in [0.15, 0.2) is 0 Å². The topological polar surface area (TPSA) is 114 Å². The summed E-state index contributed by atoms with van der Waals surface area (Å²) >= 11 is 0. The first-order chi connectivity index (χ1) is 12.3. The standard InChI is InChI=1S/C17H23N5O4/c1-5-6-18-16-19-7-9(8-20-16)12-10-11(14(24)22(3)13(10)23)17(2,21-12)15(25)26-4/h7-8,10-12,21H,5-6H2,1-4H3,(H,18,19,20)/t10-,11-,12-,17-/m1/s1. The van der Waals surface area contributed by atoms with Gasteiger partial charge in [0.2, 0.25) is 17.8 Å². The molecule has 0 saturated carbocycles. The van der Waals surface area contributed by atoms with Crippen LogP contribution in [0.4, 0.5) is 5.95 Å². The predicted molar refractivity (Wildman–Crippen MR) is 91.9 cm³/mol. The molecule has 0 bridgehead atoms. The summed E-state index contributed by atoms with van der Waals surface area (Å²) in [6.45, 7) is 4.39. The second kappa shape index (κ2) is 6.64. The number of rotatable bonds is 5. The molecule has 2 aliphatic rings. The minimum absolute atomic E-state index is 0.321. The van der Waals surface area contributed by atoms with Crippen LogP contribution in [0.5, 0.6) is 0 Å².